The Bertz CT molecular complexity index is 1170. The summed E-state index contributed by atoms with van der Waals surface area (Å²) in [6.45, 7) is 1.08. The van der Waals surface area contributed by atoms with Crippen molar-refractivity contribution in [3.63, 3.8) is 0 Å². The summed E-state index contributed by atoms with van der Waals surface area (Å²) in [6, 6.07) is 13.7. The van der Waals surface area contributed by atoms with Crippen LogP contribution >= 0.6 is 11.6 Å². The number of pyridine rings is 1. The van der Waals surface area contributed by atoms with Crippen molar-refractivity contribution in [3.05, 3.63) is 59.8 Å². The molecule has 6 nitrogen and oxygen atoms in total. The predicted octanol–water partition coefficient (Wildman–Crippen LogP) is 2.84. The molecule has 0 spiro atoms. The first-order valence-corrected chi connectivity index (χ1v) is 11.2. The van der Waals surface area contributed by atoms with Gasteiger partial charge in [0.15, 0.2) is 11.1 Å². The molecule has 29 heavy (non-hydrogen) atoms. The number of hydrogen-bond donors (Lipinski definition) is 1. The summed E-state index contributed by atoms with van der Waals surface area (Å²) >= 11 is 6.23. The highest BCUT2D eigenvalue weighted by Crippen LogP contribution is 2.37. The van der Waals surface area contributed by atoms with E-state index < -0.39 is 9.84 Å². The highest BCUT2D eigenvalue weighted by Gasteiger charge is 2.32. The third-order valence-electron chi connectivity index (χ3n) is 5.39. The molecule has 1 aliphatic rings. The number of aromatic nitrogens is 1. The Balaban J connectivity index is 1.90. The zero-order valence-corrected chi connectivity index (χ0v) is 17.2. The van der Waals surface area contributed by atoms with Gasteiger partial charge in [0.2, 0.25) is 21.3 Å². The molecule has 1 amide bonds. The molecule has 1 aromatic heterocycles. The Labute approximate surface area is 174 Å². The molecule has 0 radical (unpaired) electrons. The van der Waals surface area contributed by atoms with Crippen LogP contribution in [0.15, 0.2) is 64.5 Å². The monoisotopic (exact) mass is 430 g/mol. The van der Waals surface area contributed by atoms with Crippen molar-refractivity contribution in [3.8, 4) is 0 Å². The molecule has 1 saturated heterocycles. The van der Waals surface area contributed by atoms with E-state index in [2.05, 4.69) is 4.98 Å². The molecule has 2 heterocycles. The summed E-state index contributed by atoms with van der Waals surface area (Å²) in [5, 5.41) is 1.25. The number of rotatable bonds is 4. The Morgan fingerprint density at radius 2 is 1.79 bits per heavy atom. The highest BCUT2D eigenvalue weighted by molar-refractivity contribution is 7.91. The van der Waals surface area contributed by atoms with Gasteiger partial charge in [0.1, 0.15) is 0 Å². The maximum atomic E-state index is 13.4. The summed E-state index contributed by atoms with van der Waals surface area (Å²) in [5.74, 6) is -0.498. The number of aromatic amines is 1. The lowest BCUT2D eigenvalue weighted by Crippen LogP contribution is -2.39. The van der Waals surface area contributed by atoms with Crippen LogP contribution in [0.3, 0.4) is 0 Å². The Morgan fingerprint density at radius 3 is 2.45 bits per heavy atom. The van der Waals surface area contributed by atoms with Crippen molar-refractivity contribution >= 4 is 43.9 Å². The minimum Gasteiger partial charge on any atom is -0.370 e. The number of piperidine rings is 1. The maximum absolute atomic E-state index is 13.4. The van der Waals surface area contributed by atoms with Crippen LogP contribution in [0, 0.1) is 5.92 Å². The largest absolute Gasteiger partial charge is 0.370 e. The number of carbonyl (C=O) groups is 1. The second-order valence-electron chi connectivity index (χ2n) is 7.17. The second-order valence-corrected chi connectivity index (χ2v) is 9.53. The molecule has 3 N–H and O–H groups in total. The number of amides is 1. The number of hydrogen-bond acceptors (Lipinski definition) is 4. The SMILES string of the molecule is NC(=O)C1CCN(c2c(S(=O)(=O)c3ccccc3)c[nH+]c3ccc(Cl)cc23)CC1. The molecule has 1 fully saturated rings. The van der Waals surface area contributed by atoms with Gasteiger partial charge in [-0.3, -0.25) is 4.79 Å². The molecular weight excluding hydrogens is 410 g/mol. The van der Waals surface area contributed by atoms with E-state index in [1.165, 1.54) is 6.20 Å². The van der Waals surface area contributed by atoms with Crippen LogP contribution in [0.1, 0.15) is 12.8 Å². The number of nitrogens with one attached hydrogen (secondary N) is 1. The van der Waals surface area contributed by atoms with Gasteiger partial charge >= 0.3 is 0 Å². The van der Waals surface area contributed by atoms with Gasteiger partial charge in [-0.1, -0.05) is 29.8 Å². The zero-order chi connectivity index (χ0) is 20.6. The fourth-order valence-corrected chi connectivity index (χ4v) is 5.48. The number of anilines is 1. The normalized spacial score (nSPS) is 15.6. The minimum atomic E-state index is -3.76. The molecule has 3 aromatic rings. The third kappa shape index (κ3) is 3.68. The van der Waals surface area contributed by atoms with Crippen molar-refractivity contribution < 1.29 is 18.2 Å². The van der Waals surface area contributed by atoms with Gasteiger partial charge in [-0.25, -0.2) is 13.4 Å². The molecular formula is C21H21ClN3O3S+. The zero-order valence-electron chi connectivity index (χ0n) is 15.6. The van der Waals surface area contributed by atoms with Crippen molar-refractivity contribution in [1.82, 2.24) is 0 Å². The first kappa shape index (κ1) is 19.7. The average molecular weight is 431 g/mol. The fourth-order valence-electron chi connectivity index (χ4n) is 3.83. The molecule has 1 aliphatic heterocycles. The third-order valence-corrected chi connectivity index (χ3v) is 7.40. The molecule has 0 bridgehead atoms. The lowest BCUT2D eigenvalue weighted by Gasteiger charge is -2.33. The van der Waals surface area contributed by atoms with Gasteiger partial charge in [0.05, 0.1) is 16.0 Å². The van der Waals surface area contributed by atoms with E-state index >= 15 is 0 Å². The topological polar surface area (TPSA) is 94.6 Å². The maximum Gasteiger partial charge on any atom is 0.220 e. The summed E-state index contributed by atoms with van der Waals surface area (Å²) in [7, 11) is -3.76. The van der Waals surface area contributed by atoms with E-state index in [9.17, 15) is 13.2 Å². The predicted molar refractivity (Wildman–Crippen MR) is 112 cm³/mol. The average Bonchev–Trinajstić information content (AvgIpc) is 2.73. The van der Waals surface area contributed by atoms with Crippen LogP contribution in [0.2, 0.25) is 5.02 Å². The number of H-pyrrole nitrogens is 1. The first-order chi connectivity index (χ1) is 13.9. The smallest absolute Gasteiger partial charge is 0.220 e. The van der Waals surface area contributed by atoms with Crippen molar-refractivity contribution in [2.75, 3.05) is 18.0 Å². The number of halogens is 1. The number of fused-ring (bicyclic) bond motifs is 1. The number of nitrogens with zero attached hydrogens (tertiary/aromatic N) is 1. The molecule has 0 aliphatic carbocycles. The van der Waals surface area contributed by atoms with Crippen LogP contribution in [-0.2, 0) is 14.6 Å². The molecule has 4 rings (SSSR count). The number of nitrogens with two attached hydrogens (primary N) is 1. The van der Waals surface area contributed by atoms with Crippen molar-refractivity contribution in [1.29, 1.82) is 0 Å². The molecule has 150 valence electrons. The fraction of sp³-hybridized carbons (Fsp3) is 0.238. The summed E-state index contributed by atoms with van der Waals surface area (Å²) in [5.41, 5.74) is 6.85. The van der Waals surface area contributed by atoms with E-state index in [1.54, 1.807) is 42.5 Å². The number of primary amides is 1. The highest BCUT2D eigenvalue weighted by atomic mass is 35.5. The van der Waals surface area contributed by atoms with Gasteiger partial charge in [-0.2, -0.15) is 0 Å². The molecule has 2 aromatic carbocycles. The van der Waals surface area contributed by atoms with Crippen molar-refractivity contribution in [2.24, 2.45) is 11.7 Å². The Kier molecular flexibility index (Phi) is 5.19. The number of benzene rings is 2. The standard InChI is InChI=1S/C21H20ClN3O3S/c22-15-6-7-18-17(12-15)20(25-10-8-14(9-11-25)21(23)26)19(13-24-18)29(27,28)16-4-2-1-3-5-16/h1-7,12-14H,8-11H2,(H2,23,26)/p+1. The van der Waals surface area contributed by atoms with Crippen LogP contribution < -0.4 is 15.6 Å². The quantitative estimate of drug-likeness (QED) is 0.688. The van der Waals surface area contributed by atoms with Crippen LogP contribution in [0.4, 0.5) is 5.69 Å². The minimum absolute atomic E-state index is 0.189. The van der Waals surface area contributed by atoms with E-state index in [-0.39, 0.29) is 21.6 Å². The van der Waals surface area contributed by atoms with E-state index in [0.29, 0.717) is 36.6 Å². The van der Waals surface area contributed by atoms with E-state index in [4.69, 9.17) is 17.3 Å². The summed E-state index contributed by atoms with van der Waals surface area (Å²) in [4.78, 5) is 17.1. The Morgan fingerprint density at radius 1 is 1.10 bits per heavy atom. The van der Waals surface area contributed by atoms with Gasteiger partial charge in [0, 0.05) is 30.1 Å². The molecule has 0 atom stereocenters. The lowest BCUT2D eigenvalue weighted by molar-refractivity contribution is -0.347. The number of carbonyl (C=O) groups excluding carboxylic acids is 1. The van der Waals surface area contributed by atoms with Gasteiger partial charge in [-0.15, -0.1) is 0 Å². The summed E-state index contributed by atoms with van der Waals surface area (Å²) < 4.78 is 26.9. The van der Waals surface area contributed by atoms with E-state index in [1.807, 2.05) is 11.0 Å². The van der Waals surface area contributed by atoms with E-state index in [0.717, 1.165) is 10.9 Å². The van der Waals surface area contributed by atoms with Gasteiger partial charge in [-0.05, 0) is 37.1 Å². The first-order valence-electron chi connectivity index (χ1n) is 9.36. The molecule has 8 heteroatoms. The Hall–Kier alpha value is -2.64. The van der Waals surface area contributed by atoms with Crippen LogP contribution in [-0.4, -0.2) is 27.4 Å². The number of sulfone groups is 1. The van der Waals surface area contributed by atoms with Crippen LogP contribution in [0.5, 0.6) is 0 Å². The van der Waals surface area contributed by atoms with Gasteiger partial charge < -0.3 is 10.6 Å². The molecule has 0 unspecified atom stereocenters. The van der Waals surface area contributed by atoms with Gasteiger partial charge in [0.25, 0.3) is 0 Å². The van der Waals surface area contributed by atoms with Crippen molar-refractivity contribution in [2.45, 2.75) is 22.6 Å². The van der Waals surface area contributed by atoms with Crippen LogP contribution in [0.25, 0.3) is 10.9 Å². The molecule has 0 saturated carbocycles. The second kappa shape index (κ2) is 7.65. The summed E-state index contributed by atoms with van der Waals surface area (Å²) in [6.07, 6.45) is 2.70. The lowest BCUT2D eigenvalue weighted by atomic mass is 9.95.